The SMILES string of the molecule is CCn1nc(-c2ccc(OC/C(=C/F)CNC(=O)OC(C)(C)C)cc2)nc1CF. The summed E-state index contributed by atoms with van der Waals surface area (Å²) < 4.78 is 38.2. The van der Waals surface area contributed by atoms with Gasteiger partial charge in [0.25, 0.3) is 0 Å². The molecule has 0 fully saturated rings. The average molecular weight is 408 g/mol. The number of carbonyl (C=O) groups excluding carboxylic acids is 1. The molecule has 1 amide bonds. The fraction of sp³-hybridized carbons (Fsp3) is 0.450. The number of aromatic nitrogens is 3. The number of benzene rings is 1. The molecule has 0 saturated carbocycles. The molecule has 0 saturated heterocycles. The van der Waals surface area contributed by atoms with E-state index < -0.39 is 18.4 Å². The lowest BCUT2D eigenvalue weighted by atomic mass is 10.2. The molecular formula is C20H26F2N4O3. The average Bonchev–Trinajstić information content (AvgIpc) is 3.10. The number of aryl methyl sites for hydroxylation is 1. The topological polar surface area (TPSA) is 78.3 Å². The lowest BCUT2D eigenvalue weighted by Crippen LogP contribution is -2.34. The summed E-state index contributed by atoms with van der Waals surface area (Å²) in [5.74, 6) is 1.21. The standard InChI is InChI=1S/C20H26F2N4O3/c1-5-26-17(11-22)24-18(25-26)15-6-8-16(9-7-15)28-13-14(10-21)12-23-19(27)29-20(2,3)4/h6-10H,5,11-13H2,1-4H3,(H,23,27)/b14-10+. The number of amides is 1. The summed E-state index contributed by atoms with van der Waals surface area (Å²) in [6.45, 7) is 6.86. The predicted octanol–water partition coefficient (Wildman–Crippen LogP) is 4.19. The number of carbonyl (C=O) groups is 1. The smallest absolute Gasteiger partial charge is 0.407 e. The normalized spacial score (nSPS) is 12.0. The molecule has 9 heteroatoms. The molecule has 1 N–H and O–H groups in total. The van der Waals surface area contributed by atoms with Crippen LogP contribution in [0, 0.1) is 0 Å². The van der Waals surface area contributed by atoms with E-state index in [0.717, 1.165) is 0 Å². The molecule has 7 nitrogen and oxygen atoms in total. The fourth-order valence-electron chi connectivity index (χ4n) is 2.35. The Kier molecular flexibility index (Phi) is 7.69. The molecule has 0 aliphatic heterocycles. The third-order valence-electron chi connectivity index (χ3n) is 3.72. The van der Waals surface area contributed by atoms with Gasteiger partial charge in [-0.05, 0) is 52.0 Å². The highest BCUT2D eigenvalue weighted by molar-refractivity contribution is 5.68. The Bertz CT molecular complexity index is 821. The van der Waals surface area contributed by atoms with Crippen LogP contribution in [0.2, 0.25) is 0 Å². The first-order valence-electron chi connectivity index (χ1n) is 9.23. The van der Waals surface area contributed by atoms with Gasteiger partial charge in [0.15, 0.2) is 11.6 Å². The largest absolute Gasteiger partial charge is 0.489 e. The predicted molar refractivity (Wildman–Crippen MR) is 105 cm³/mol. The van der Waals surface area contributed by atoms with Crippen molar-refractivity contribution in [2.24, 2.45) is 0 Å². The molecule has 0 radical (unpaired) electrons. The maximum absolute atomic E-state index is 13.1. The second-order valence-electron chi connectivity index (χ2n) is 7.24. The number of ether oxygens (including phenoxy) is 2. The van der Waals surface area contributed by atoms with E-state index in [4.69, 9.17) is 9.47 Å². The first-order valence-corrected chi connectivity index (χ1v) is 9.23. The van der Waals surface area contributed by atoms with Crippen molar-refractivity contribution >= 4 is 6.09 Å². The molecule has 0 spiro atoms. The first-order chi connectivity index (χ1) is 13.8. The van der Waals surface area contributed by atoms with E-state index in [0.29, 0.717) is 30.0 Å². The van der Waals surface area contributed by atoms with E-state index in [-0.39, 0.29) is 24.5 Å². The van der Waals surface area contributed by atoms with Gasteiger partial charge in [-0.3, -0.25) is 0 Å². The van der Waals surface area contributed by atoms with E-state index in [1.807, 2.05) is 6.92 Å². The summed E-state index contributed by atoms with van der Waals surface area (Å²) in [4.78, 5) is 15.8. The Morgan fingerprint density at radius 3 is 2.48 bits per heavy atom. The van der Waals surface area contributed by atoms with Crippen molar-refractivity contribution in [2.45, 2.75) is 46.5 Å². The third-order valence-corrected chi connectivity index (χ3v) is 3.72. The maximum atomic E-state index is 13.1. The second-order valence-corrected chi connectivity index (χ2v) is 7.24. The Hall–Kier alpha value is -2.97. The molecule has 0 aliphatic rings. The van der Waals surface area contributed by atoms with Crippen molar-refractivity contribution in [1.82, 2.24) is 20.1 Å². The van der Waals surface area contributed by atoms with Crippen LogP contribution in [-0.4, -0.2) is 39.6 Å². The van der Waals surface area contributed by atoms with E-state index in [1.54, 1.807) is 45.0 Å². The van der Waals surface area contributed by atoms with Crippen LogP contribution < -0.4 is 10.1 Å². The van der Waals surface area contributed by atoms with Crippen molar-refractivity contribution < 1.29 is 23.0 Å². The third kappa shape index (κ3) is 6.85. The van der Waals surface area contributed by atoms with Gasteiger partial charge in [0.2, 0.25) is 0 Å². The van der Waals surface area contributed by atoms with Gasteiger partial charge in [-0.2, -0.15) is 5.10 Å². The number of rotatable bonds is 8. The van der Waals surface area contributed by atoms with Gasteiger partial charge in [0.05, 0.1) is 6.33 Å². The highest BCUT2D eigenvalue weighted by Gasteiger charge is 2.16. The van der Waals surface area contributed by atoms with Crippen LogP contribution in [0.3, 0.4) is 0 Å². The van der Waals surface area contributed by atoms with Crippen LogP contribution in [0.15, 0.2) is 36.2 Å². The second kappa shape index (κ2) is 9.99. The molecule has 1 aromatic carbocycles. The maximum Gasteiger partial charge on any atom is 0.407 e. The van der Waals surface area contributed by atoms with Crippen molar-refractivity contribution in [3.05, 3.63) is 42.0 Å². The zero-order valence-electron chi connectivity index (χ0n) is 17.0. The highest BCUT2D eigenvalue weighted by atomic mass is 19.1. The number of hydrogen-bond acceptors (Lipinski definition) is 5. The summed E-state index contributed by atoms with van der Waals surface area (Å²) in [6.07, 6.45) is -0.237. The minimum absolute atomic E-state index is 0.0339. The quantitative estimate of drug-likeness (QED) is 0.709. The van der Waals surface area contributed by atoms with Crippen LogP contribution in [0.25, 0.3) is 11.4 Å². The number of halogens is 2. The molecule has 0 aliphatic carbocycles. The van der Waals surface area contributed by atoms with Crippen molar-refractivity contribution in [3.63, 3.8) is 0 Å². The zero-order chi connectivity index (χ0) is 21.4. The summed E-state index contributed by atoms with van der Waals surface area (Å²) in [7, 11) is 0. The van der Waals surface area contributed by atoms with Crippen molar-refractivity contribution in [3.8, 4) is 17.1 Å². The van der Waals surface area contributed by atoms with E-state index in [2.05, 4.69) is 15.4 Å². The summed E-state index contributed by atoms with van der Waals surface area (Å²) in [5, 5.41) is 6.74. The molecule has 0 unspecified atom stereocenters. The molecule has 1 aromatic heterocycles. The minimum atomic E-state index is -0.683. The fourth-order valence-corrected chi connectivity index (χ4v) is 2.35. The van der Waals surface area contributed by atoms with Gasteiger partial charge in [0, 0.05) is 24.2 Å². The Balaban J connectivity index is 1.90. The van der Waals surface area contributed by atoms with Crippen LogP contribution >= 0.6 is 0 Å². The number of nitrogens with one attached hydrogen (secondary N) is 1. The van der Waals surface area contributed by atoms with Crippen molar-refractivity contribution in [1.29, 1.82) is 0 Å². The van der Waals surface area contributed by atoms with E-state index >= 15 is 0 Å². The van der Waals surface area contributed by atoms with Gasteiger partial charge in [-0.15, -0.1) is 0 Å². The Morgan fingerprint density at radius 2 is 1.97 bits per heavy atom. The Morgan fingerprint density at radius 1 is 1.28 bits per heavy atom. The number of alkyl carbamates (subject to hydrolysis) is 1. The van der Waals surface area contributed by atoms with Gasteiger partial charge in [0.1, 0.15) is 24.6 Å². The van der Waals surface area contributed by atoms with E-state index in [1.165, 1.54) is 4.68 Å². The van der Waals surface area contributed by atoms with E-state index in [9.17, 15) is 13.6 Å². The highest BCUT2D eigenvalue weighted by Crippen LogP contribution is 2.21. The van der Waals surface area contributed by atoms with Crippen molar-refractivity contribution in [2.75, 3.05) is 13.2 Å². The van der Waals surface area contributed by atoms with Crippen LogP contribution in [0.5, 0.6) is 5.75 Å². The zero-order valence-corrected chi connectivity index (χ0v) is 17.0. The number of alkyl halides is 1. The molecule has 0 atom stereocenters. The van der Waals surface area contributed by atoms with Gasteiger partial charge >= 0.3 is 6.09 Å². The number of nitrogens with zero attached hydrogens (tertiary/aromatic N) is 3. The van der Waals surface area contributed by atoms with Gasteiger partial charge in [-0.1, -0.05) is 0 Å². The monoisotopic (exact) mass is 408 g/mol. The van der Waals surface area contributed by atoms with Crippen LogP contribution in [0.4, 0.5) is 13.6 Å². The molecule has 29 heavy (non-hydrogen) atoms. The summed E-state index contributed by atoms with van der Waals surface area (Å²) in [5.41, 5.74) is 0.331. The molecule has 0 bridgehead atoms. The molecule has 2 rings (SSSR count). The van der Waals surface area contributed by atoms with Crippen LogP contribution in [0.1, 0.15) is 33.5 Å². The lowest BCUT2D eigenvalue weighted by Gasteiger charge is -2.20. The molecule has 1 heterocycles. The number of hydrogen-bond donors (Lipinski definition) is 1. The molecular weight excluding hydrogens is 382 g/mol. The first kappa shape index (κ1) is 22.3. The molecule has 2 aromatic rings. The summed E-state index contributed by atoms with van der Waals surface area (Å²) >= 11 is 0. The summed E-state index contributed by atoms with van der Waals surface area (Å²) in [6, 6.07) is 6.86. The minimum Gasteiger partial charge on any atom is -0.489 e. The molecule has 158 valence electrons. The Labute approximate surface area is 168 Å². The van der Waals surface area contributed by atoms with Gasteiger partial charge in [-0.25, -0.2) is 23.2 Å². The van der Waals surface area contributed by atoms with Gasteiger partial charge < -0.3 is 14.8 Å². The van der Waals surface area contributed by atoms with Crippen LogP contribution in [-0.2, 0) is 18.0 Å². The lowest BCUT2D eigenvalue weighted by molar-refractivity contribution is 0.0531.